The minimum absolute atomic E-state index is 0.284. The summed E-state index contributed by atoms with van der Waals surface area (Å²) in [5.41, 5.74) is 4.13. The molecule has 2 N–H and O–H groups in total. The molecule has 1 aromatic heterocycles. The zero-order valence-corrected chi connectivity index (χ0v) is 11.5. The molecule has 0 fully saturated rings. The van der Waals surface area contributed by atoms with Crippen LogP contribution in [0.4, 0.5) is 30.4 Å². The molecule has 0 unspecified atom stereocenters. The van der Waals surface area contributed by atoms with Gasteiger partial charge in [0.05, 0.1) is 15.9 Å². The average Bonchev–Trinajstić information content (AvgIpc) is 2.38. The van der Waals surface area contributed by atoms with E-state index in [4.69, 9.17) is 5.73 Å². The normalized spacial score (nSPS) is 11.0. The lowest BCUT2D eigenvalue weighted by molar-refractivity contribution is -0.385. The Morgan fingerprint density at radius 3 is 2.43 bits per heavy atom. The summed E-state index contributed by atoms with van der Waals surface area (Å²) < 4.78 is 37.5. The van der Waals surface area contributed by atoms with Crippen LogP contribution in [0.25, 0.3) is 0 Å². The van der Waals surface area contributed by atoms with Crippen molar-refractivity contribution in [1.82, 2.24) is 4.98 Å². The highest BCUT2D eigenvalue weighted by atomic mass is 79.9. The van der Waals surface area contributed by atoms with E-state index in [9.17, 15) is 32.9 Å². The SMILES string of the molecule is Nc1cc([N+](=O)[O-])cnc1N(C(=O)CBr)C(=O)C(F)(F)F. The fraction of sp³-hybridized carbons (Fsp3) is 0.222. The van der Waals surface area contributed by atoms with Gasteiger partial charge in [0.2, 0.25) is 5.91 Å². The molecule has 0 aliphatic rings. The Labute approximate surface area is 123 Å². The van der Waals surface area contributed by atoms with Crippen molar-refractivity contribution in [2.75, 3.05) is 16.0 Å². The molecule has 0 saturated carbocycles. The summed E-state index contributed by atoms with van der Waals surface area (Å²) in [6.45, 7) is 0. The zero-order chi connectivity index (χ0) is 16.4. The van der Waals surface area contributed by atoms with Gasteiger partial charge < -0.3 is 5.73 Å². The summed E-state index contributed by atoms with van der Waals surface area (Å²) in [6.07, 6.45) is -4.75. The van der Waals surface area contributed by atoms with Crippen molar-refractivity contribution in [3.8, 4) is 0 Å². The number of nitrogen functional groups attached to an aromatic ring is 1. The minimum atomic E-state index is -5.34. The summed E-state index contributed by atoms with van der Waals surface area (Å²) in [6, 6.07) is 0.695. The van der Waals surface area contributed by atoms with Crippen LogP contribution < -0.4 is 10.6 Å². The number of pyridine rings is 1. The van der Waals surface area contributed by atoms with Crippen molar-refractivity contribution < 1.29 is 27.7 Å². The Balaban J connectivity index is 3.38. The molecule has 0 spiro atoms. The second-order valence-electron chi connectivity index (χ2n) is 3.53. The molecule has 0 saturated heterocycles. The van der Waals surface area contributed by atoms with Crippen LogP contribution in [0, 0.1) is 10.1 Å². The number of anilines is 2. The summed E-state index contributed by atoms with van der Waals surface area (Å²) in [5.74, 6) is -4.60. The Morgan fingerprint density at radius 1 is 1.48 bits per heavy atom. The van der Waals surface area contributed by atoms with Gasteiger partial charge >= 0.3 is 12.1 Å². The number of rotatable bonds is 3. The zero-order valence-electron chi connectivity index (χ0n) is 9.93. The van der Waals surface area contributed by atoms with Crippen LogP contribution in [0.1, 0.15) is 0 Å². The van der Waals surface area contributed by atoms with E-state index in [-0.39, 0.29) is 4.90 Å². The van der Waals surface area contributed by atoms with E-state index in [1.807, 2.05) is 0 Å². The van der Waals surface area contributed by atoms with E-state index in [0.29, 0.717) is 12.3 Å². The van der Waals surface area contributed by atoms with Crippen molar-refractivity contribution in [2.45, 2.75) is 6.18 Å². The molecule has 21 heavy (non-hydrogen) atoms. The molecule has 1 rings (SSSR count). The van der Waals surface area contributed by atoms with Crippen LogP contribution in [0.5, 0.6) is 0 Å². The molecule has 114 valence electrons. The Kier molecular flexibility index (Phi) is 4.83. The standard InChI is InChI=1S/C9H6BrF3N4O4/c10-2-6(18)16(8(19)9(11,12)13)7-5(14)1-4(3-15-7)17(20)21/h1,3H,2,14H2. The second-order valence-corrected chi connectivity index (χ2v) is 4.09. The number of nitrogens with zero attached hydrogens (tertiary/aromatic N) is 3. The first-order valence-corrected chi connectivity index (χ1v) is 6.11. The van der Waals surface area contributed by atoms with E-state index < -0.39 is 45.4 Å². The van der Waals surface area contributed by atoms with Gasteiger partial charge in [0.25, 0.3) is 5.69 Å². The Bertz CT molecular complexity index is 607. The van der Waals surface area contributed by atoms with Crippen LogP contribution >= 0.6 is 15.9 Å². The number of aromatic nitrogens is 1. The van der Waals surface area contributed by atoms with Crippen LogP contribution in [0.15, 0.2) is 12.3 Å². The smallest absolute Gasteiger partial charge is 0.396 e. The molecule has 0 aliphatic heterocycles. The number of hydrogen-bond donors (Lipinski definition) is 1. The largest absolute Gasteiger partial charge is 0.472 e. The minimum Gasteiger partial charge on any atom is -0.396 e. The molecule has 12 heteroatoms. The van der Waals surface area contributed by atoms with Gasteiger partial charge in [0, 0.05) is 6.07 Å². The third-order valence-corrected chi connectivity index (χ3v) is 2.59. The van der Waals surface area contributed by atoms with Crippen molar-refractivity contribution in [1.29, 1.82) is 0 Å². The number of imide groups is 1. The summed E-state index contributed by atoms with van der Waals surface area (Å²) >= 11 is 2.62. The van der Waals surface area contributed by atoms with Crippen LogP contribution in [0.2, 0.25) is 0 Å². The third-order valence-electron chi connectivity index (χ3n) is 2.11. The number of nitro groups is 1. The Morgan fingerprint density at radius 2 is 2.05 bits per heavy atom. The van der Waals surface area contributed by atoms with E-state index in [1.165, 1.54) is 0 Å². The number of carbonyl (C=O) groups is 2. The molecule has 0 bridgehead atoms. The highest BCUT2D eigenvalue weighted by Crippen LogP contribution is 2.29. The lowest BCUT2D eigenvalue weighted by Crippen LogP contribution is -2.46. The fourth-order valence-electron chi connectivity index (χ4n) is 1.26. The lowest BCUT2D eigenvalue weighted by atomic mass is 10.3. The average molecular weight is 371 g/mol. The fourth-order valence-corrected chi connectivity index (χ4v) is 1.51. The molecule has 0 aliphatic carbocycles. The van der Waals surface area contributed by atoms with Gasteiger partial charge in [-0.25, -0.2) is 9.88 Å². The number of nitrogens with two attached hydrogens (primary N) is 1. The van der Waals surface area contributed by atoms with Crippen molar-refractivity contribution in [3.63, 3.8) is 0 Å². The second kappa shape index (κ2) is 6.03. The topological polar surface area (TPSA) is 119 Å². The highest BCUT2D eigenvalue weighted by molar-refractivity contribution is 9.09. The molecule has 8 nitrogen and oxygen atoms in total. The summed E-state index contributed by atoms with van der Waals surface area (Å²) in [7, 11) is 0. The lowest BCUT2D eigenvalue weighted by Gasteiger charge is -2.21. The Hall–Kier alpha value is -2.24. The number of alkyl halides is 4. The summed E-state index contributed by atoms with van der Waals surface area (Å²) in [4.78, 5) is 35.4. The van der Waals surface area contributed by atoms with Crippen LogP contribution in [0.3, 0.4) is 0 Å². The van der Waals surface area contributed by atoms with E-state index in [2.05, 4.69) is 20.9 Å². The van der Waals surface area contributed by atoms with E-state index >= 15 is 0 Å². The number of halogens is 4. The predicted octanol–water partition coefficient (Wildman–Crippen LogP) is 1.39. The predicted molar refractivity (Wildman–Crippen MR) is 67.6 cm³/mol. The molecular formula is C9H6BrF3N4O4. The molecule has 1 heterocycles. The summed E-state index contributed by atoms with van der Waals surface area (Å²) in [5, 5.41) is 9.89. The van der Waals surface area contributed by atoms with Crippen molar-refractivity contribution in [3.05, 3.63) is 22.4 Å². The van der Waals surface area contributed by atoms with E-state index in [0.717, 1.165) is 0 Å². The number of amides is 2. The monoisotopic (exact) mass is 370 g/mol. The molecule has 0 atom stereocenters. The first kappa shape index (κ1) is 16.8. The van der Waals surface area contributed by atoms with Crippen LogP contribution in [-0.2, 0) is 9.59 Å². The quantitative estimate of drug-likeness (QED) is 0.487. The molecule has 2 amide bonds. The van der Waals surface area contributed by atoms with Gasteiger partial charge in [-0.3, -0.25) is 19.7 Å². The van der Waals surface area contributed by atoms with E-state index in [1.54, 1.807) is 0 Å². The van der Waals surface area contributed by atoms with Crippen molar-refractivity contribution in [2.24, 2.45) is 0 Å². The molecule has 0 aromatic carbocycles. The first-order valence-electron chi connectivity index (χ1n) is 4.99. The molecule has 0 radical (unpaired) electrons. The number of carbonyl (C=O) groups excluding carboxylic acids is 2. The van der Waals surface area contributed by atoms with Crippen molar-refractivity contribution >= 4 is 44.9 Å². The molecule has 1 aromatic rings. The van der Waals surface area contributed by atoms with Crippen LogP contribution in [-0.4, -0.2) is 33.2 Å². The maximum atomic E-state index is 12.5. The highest BCUT2D eigenvalue weighted by Gasteiger charge is 2.46. The van der Waals surface area contributed by atoms with Gasteiger partial charge in [-0.2, -0.15) is 13.2 Å². The maximum Gasteiger partial charge on any atom is 0.472 e. The maximum absolute atomic E-state index is 12.5. The third kappa shape index (κ3) is 3.65. The van der Waals surface area contributed by atoms with Gasteiger partial charge in [0.15, 0.2) is 5.82 Å². The number of hydrogen-bond acceptors (Lipinski definition) is 6. The molecular weight excluding hydrogens is 365 g/mol. The first-order chi connectivity index (χ1) is 9.59. The van der Waals surface area contributed by atoms with Gasteiger partial charge in [0.1, 0.15) is 6.20 Å². The van der Waals surface area contributed by atoms with Gasteiger partial charge in [-0.1, -0.05) is 15.9 Å². The van der Waals surface area contributed by atoms with Gasteiger partial charge in [-0.15, -0.1) is 0 Å². The van der Waals surface area contributed by atoms with Gasteiger partial charge in [-0.05, 0) is 0 Å².